The molecule has 1 aliphatic rings. The predicted molar refractivity (Wildman–Crippen MR) is 87.0 cm³/mol. The molecule has 130 valence electrons. The zero-order valence-corrected chi connectivity index (χ0v) is 14.9. The van der Waals surface area contributed by atoms with Gasteiger partial charge in [0.15, 0.2) is 4.90 Å². The van der Waals surface area contributed by atoms with Gasteiger partial charge in [-0.05, 0) is 6.54 Å². The highest BCUT2D eigenvalue weighted by atomic mass is 32.2. The number of ether oxygens (including phenoxy) is 3. The summed E-state index contributed by atoms with van der Waals surface area (Å²) in [6.45, 7) is 5.33. The summed E-state index contributed by atoms with van der Waals surface area (Å²) in [7, 11) is 0.669. The molecule has 0 atom stereocenters. The summed E-state index contributed by atoms with van der Waals surface area (Å²) in [6.07, 6.45) is 0. The van der Waals surface area contributed by atoms with E-state index in [1.807, 2.05) is 0 Å². The molecule has 0 radical (unpaired) electrons. The average Bonchev–Trinajstić information content (AvgIpc) is 2.60. The van der Waals surface area contributed by atoms with Crippen molar-refractivity contribution in [3.63, 3.8) is 0 Å². The highest BCUT2D eigenvalue weighted by molar-refractivity contribution is 7.89. The van der Waals surface area contributed by atoms with Gasteiger partial charge in [0.25, 0.3) is 10.0 Å². The van der Waals surface area contributed by atoms with Gasteiger partial charge in [-0.3, -0.25) is 0 Å². The van der Waals surface area contributed by atoms with Crippen molar-refractivity contribution in [1.82, 2.24) is 9.21 Å². The molecule has 0 spiro atoms. The van der Waals surface area contributed by atoms with Crippen LogP contribution in [0.2, 0.25) is 0 Å². The van der Waals surface area contributed by atoms with Crippen molar-refractivity contribution in [3.8, 4) is 17.2 Å². The molecule has 1 aromatic carbocycles. The first kappa shape index (κ1) is 17.8. The van der Waals surface area contributed by atoms with Crippen molar-refractivity contribution >= 4 is 10.0 Å². The summed E-state index contributed by atoms with van der Waals surface area (Å²) >= 11 is 0. The second-order valence-corrected chi connectivity index (χ2v) is 7.07. The largest absolute Gasteiger partial charge is 0.496 e. The summed E-state index contributed by atoms with van der Waals surface area (Å²) in [4.78, 5) is 2.27. The molecule has 1 aliphatic heterocycles. The van der Waals surface area contributed by atoms with Crippen molar-refractivity contribution in [2.75, 3.05) is 54.1 Å². The molecule has 0 bridgehead atoms. The smallest absolute Gasteiger partial charge is 0.250 e. The summed E-state index contributed by atoms with van der Waals surface area (Å²) in [5, 5.41) is 0. The maximum Gasteiger partial charge on any atom is 0.250 e. The van der Waals surface area contributed by atoms with Crippen LogP contribution in [-0.4, -0.2) is 71.7 Å². The van der Waals surface area contributed by atoms with Crippen LogP contribution in [0.3, 0.4) is 0 Å². The van der Waals surface area contributed by atoms with Gasteiger partial charge in [-0.1, -0.05) is 6.92 Å². The Hall–Kier alpha value is -1.51. The lowest BCUT2D eigenvalue weighted by Crippen LogP contribution is -2.48. The molecule has 23 heavy (non-hydrogen) atoms. The number of rotatable bonds is 6. The van der Waals surface area contributed by atoms with Gasteiger partial charge < -0.3 is 19.1 Å². The van der Waals surface area contributed by atoms with Crippen LogP contribution in [0, 0.1) is 0 Å². The van der Waals surface area contributed by atoms with Crippen LogP contribution in [0.15, 0.2) is 17.0 Å². The fraction of sp³-hybridized carbons (Fsp3) is 0.600. The monoisotopic (exact) mass is 344 g/mol. The standard InChI is InChI=1S/C15H24N2O5S/c1-5-16-6-8-17(9-7-16)23(18,19)15-13(21-3)10-12(20-2)11-14(15)22-4/h10-11H,5-9H2,1-4H3. The number of hydrogen-bond acceptors (Lipinski definition) is 6. The second kappa shape index (κ2) is 7.37. The minimum absolute atomic E-state index is 0.0493. The zero-order chi connectivity index (χ0) is 17.0. The molecule has 1 aromatic rings. The summed E-state index contributed by atoms with van der Waals surface area (Å²) in [5.41, 5.74) is 0. The van der Waals surface area contributed by atoms with Gasteiger partial charge in [0, 0.05) is 38.3 Å². The minimum atomic E-state index is -3.70. The molecule has 0 saturated carbocycles. The lowest BCUT2D eigenvalue weighted by Gasteiger charge is -2.33. The van der Waals surface area contributed by atoms with Crippen LogP contribution >= 0.6 is 0 Å². The third-order valence-corrected chi connectivity index (χ3v) is 6.01. The Morgan fingerprint density at radius 1 is 0.957 bits per heavy atom. The summed E-state index contributed by atoms with van der Waals surface area (Å²) in [5.74, 6) is 0.923. The first-order valence-electron chi connectivity index (χ1n) is 7.50. The number of benzene rings is 1. The van der Waals surface area contributed by atoms with E-state index < -0.39 is 10.0 Å². The molecule has 1 heterocycles. The fourth-order valence-electron chi connectivity index (χ4n) is 2.64. The topological polar surface area (TPSA) is 68.3 Å². The van der Waals surface area contributed by atoms with E-state index >= 15 is 0 Å². The Morgan fingerprint density at radius 3 is 1.87 bits per heavy atom. The first-order chi connectivity index (χ1) is 11.0. The number of likely N-dealkylation sites (N-methyl/N-ethyl adjacent to an activating group) is 1. The van der Waals surface area contributed by atoms with E-state index in [9.17, 15) is 8.42 Å². The Labute approximate surface area is 137 Å². The highest BCUT2D eigenvalue weighted by Crippen LogP contribution is 2.39. The van der Waals surface area contributed by atoms with Crippen molar-refractivity contribution in [2.24, 2.45) is 0 Å². The molecule has 8 heteroatoms. The Kier molecular flexibility index (Phi) is 5.72. The highest BCUT2D eigenvalue weighted by Gasteiger charge is 2.34. The summed E-state index contributed by atoms with van der Waals surface area (Å²) in [6, 6.07) is 3.11. The maximum atomic E-state index is 13.0. The van der Waals surface area contributed by atoms with E-state index in [4.69, 9.17) is 14.2 Å². The SMILES string of the molecule is CCN1CCN(S(=O)(=O)c2c(OC)cc(OC)cc2OC)CC1. The van der Waals surface area contributed by atoms with Crippen molar-refractivity contribution < 1.29 is 22.6 Å². The Balaban J connectivity index is 2.43. The van der Waals surface area contributed by atoms with Crippen molar-refractivity contribution in [3.05, 3.63) is 12.1 Å². The third kappa shape index (κ3) is 3.54. The van der Waals surface area contributed by atoms with E-state index in [2.05, 4.69) is 11.8 Å². The fourth-order valence-corrected chi connectivity index (χ4v) is 4.34. The van der Waals surface area contributed by atoms with Crippen LogP contribution in [0.1, 0.15) is 6.92 Å². The third-order valence-electron chi connectivity index (χ3n) is 4.05. The van der Waals surface area contributed by atoms with Gasteiger partial charge in [0.1, 0.15) is 17.2 Å². The molecule has 1 fully saturated rings. The van der Waals surface area contributed by atoms with E-state index in [0.717, 1.165) is 19.6 Å². The molecule has 7 nitrogen and oxygen atoms in total. The van der Waals surface area contributed by atoms with Gasteiger partial charge in [0.2, 0.25) is 0 Å². The lowest BCUT2D eigenvalue weighted by molar-refractivity contribution is 0.195. The van der Waals surface area contributed by atoms with Crippen LogP contribution in [-0.2, 0) is 10.0 Å². The number of hydrogen-bond donors (Lipinski definition) is 0. The van der Waals surface area contributed by atoms with Gasteiger partial charge in [-0.25, -0.2) is 8.42 Å². The molecule has 0 N–H and O–H groups in total. The van der Waals surface area contributed by atoms with Crippen molar-refractivity contribution in [2.45, 2.75) is 11.8 Å². The average molecular weight is 344 g/mol. The molecule has 0 aromatic heterocycles. The molecule has 0 amide bonds. The predicted octanol–water partition coefficient (Wildman–Crippen LogP) is 1.04. The zero-order valence-electron chi connectivity index (χ0n) is 14.0. The van der Waals surface area contributed by atoms with Crippen LogP contribution in [0.4, 0.5) is 0 Å². The van der Waals surface area contributed by atoms with Gasteiger partial charge >= 0.3 is 0 Å². The quantitative estimate of drug-likeness (QED) is 0.768. The Bertz CT molecular complexity index is 614. The minimum Gasteiger partial charge on any atom is -0.496 e. The number of sulfonamides is 1. The van der Waals surface area contributed by atoms with E-state index in [0.29, 0.717) is 18.8 Å². The summed E-state index contributed by atoms with van der Waals surface area (Å²) < 4.78 is 43.3. The molecular formula is C15H24N2O5S. The Morgan fingerprint density at radius 2 is 1.48 bits per heavy atom. The van der Waals surface area contributed by atoms with Crippen molar-refractivity contribution in [1.29, 1.82) is 0 Å². The molecule has 0 unspecified atom stereocenters. The van der Waals surface area contributed by atoms with Gasteiger partial charge in [-0.2, -0.15) is 4.31 Å². The normalized spacial score (nSPS) is 17.0. The van der Waals surface area contributed by atoms with Gasteiger partial charge in [0.05, 0.1) is 21.3 Å². The van der Waals surface area contributed by atoms with E-state index in [1.165, 1.54) is 25.6 Å². The van der Waals surface area contributed by atoms with E-state index in [-0.39, 0.29) is 16.4 Å². The maximum absolute atomic E-state index is 13.0. The number of piperazine rings is 1. The first-order valence-corrected chi connectivity index (χ1v) is 8.94. The van der Waals surface area contributed by atoms with Crippen LogP contribution in [0.25, 0.3) is 0 Å². The number of methoxy groups -OCH3 is 3. The van der Waals surface area contributed by atoms with Crippen LogP contribution in [0.5, 0.6) is 17.2 Å². The van der Waals surface area contributed by atoms with Gasteiger partial charge in [-0.15, -0.1) is 0 Å². The number of nitrogens with zero attached hydrogens (tertiary/aromatic N) is 2. The molecule has 0 aliphatic carbocycles. The molecule has 2 rings (SSSR count). The van der Waals surface area contributed by atoms with E-state index in [1.54, 1.807) is 12.1 Å². The van der Waals surface area contributed by atoms with Crippen LogP contribution < -0.4 is 14.2 Å². The lowest BCUT2D eigenvalue weighted by atomic mass is 10.3. The second-order valence-electron chi connectivity index (χ2n) is 5.20. The molecular weight excluding hydrogens is 320 g/mol. The molecule has 1 saturated heterocycles.